The number of nitrogens with one attached hydrogen (secondary N) is 1. The van der Waals surface area contributed by atoms with E-state index in [0.29, 0.717) is 5.56 Å². The van der Waals surface area contributed by atoms with Crippen molar-refractivity contribution >= 4 is 81.2 Å². The van der Waals surface area contributed by atoms with Gasteiger partial charge in [0.05, 0.1) is 43.9 Å². The number of alkyl halides is 2. The van der Waals surface area contributed by atoms with Gasteiger partial charge in [0, 0.05) is 18.7 Å². The second-order valence-electron chi connectivity index (χ2n) is 8.25. The molecule has 12 heteroatoms. The lowest BCUT2D eigenvalue weighted by atomic mass is 10.1. The van der Waals surface area contributed by atoms with Crippen LogP contribution < -0.4 is 10.2 Å². The van der Waals surface area contributed by atoms with Gasteiger partial charge in [-0.3, -0.25) is 9.59 Å². The molecule has 0 heterocycles. The Balaban J connectivity index is 1.55. The van der Waals surface area contributed by atoms with E-state index in [1.165, 1.54) is 37.4 Å². The third-order valence-corrected chi connectivity index (χ3v) is 8.05. The Bertz CT molecular complexity index is 1470. The molecule has 2 amide bonds. The molecule has 3 aromatic carbocycles. The molecule has 5 nitrogen and oxygen atoms in total. The van der Waals surface area contributed by atoms with Crippen molar-refractivity contribution in [2.45, 2.75) is 10.3 Å². The number of carbonyl (C=O) groups excluding carboxylic acids is 2. The molecule has 1 aliphatic carbocycles. The number of carbonyl (C=O) groups is 2. The van der Waals surface area contributed by atoms with Crippen LogP contribution in [0.3, 0.4) is 0 Å². The molecule has 1 saturated carbocycles. The van der Waals surface area contributed by atoms with Gasteiger partial charge in [-0.1, -0.05) is 34.8 Å². The predicted octanol–water partition coefficient (Wildman–Crippen LogP) is 7.60. The van der Waals surface area contributed by atoms with Gasteiger partial charge in [0.1, 0.15) is 16.0 Å². The monoisotopic (exact) mass is 601 g/mol. The molecular formula is C25H14Cl5F2N3O2. The minimum atomic E-state index is -1.48. The molecule has 0 spiro atoms. The van der Waals surface area contributed by atoms with Crippen LogP contribution in [-0.4, -0.2) is 23.2 Å². The lowest BCUT2D eigenvalue weighted by Crippen LogP contribution is -2.28. The first-order chi connectivity index (χ1) is 17.4. The molecule has 190 valence electrons. The van der Waals surface area contributed by atoms with E-state index in [9.17, 15) is 18.4 Å². The lowest BCUT2D eigenvalue weighted by molar-refractivity contribution is -0.117. The first kappa shape index (κ1) is 27.4. The van der Waals surface area contributed by atoms with Crippen LogP contribution in [-0.2, 0) is 4.79 Å². The molecule has 3 aromatic rings. The summed E-state index contributed by atoms with van der Waals surface area (Å²) in [6, 6.07) is 11.7. The fourth-order valence-electron chi connectivity index (χ4n) is 3.95. The molecule has 0 aromatic heterocycles. The molecule has 0 aliphatic heterocycles. The van der Waals surface area contributed by atoms with Gasteiger partial charge in [-0.05, 0) is 54.1 Å². The van der Waals surface area contributed by atoms with Crippen molar-refractivity contribution in [3.8, 4) is 6.07 Å². The van der Waals surface area contributed by atoms with Crippen molar-refractivity contribution in [3.05, 3.63) is 91.9 Å². The van der Waals surface area contributed by atoms with E-state index in [4.69, 9.17) is 63.3 Å². The summed E-state index contributed by atoms with van der Waals surface area (Å²) in [5.41, 5.74) is 0.0776. The van der Waals surface area contributed by atoms with Gasteiger partial charge in [-0.15, -0.1) is 23.2 Å². The van der Waals surface area contributed by atoms with E-state index in [1.54, 1.807) is 6.07 Å². The maximum atomic E-state index is 14.6. The fraction of sp³-hybridized carbons (Fsp3) is 0.160. The van der Waals surface area contributed by atoms with Crippen molar-refractivity contribution in [3.63, 3.8) is 0 Å². The maximum Gasteiger partial charge on any atom is 0.261 e. The second-order valence-corrected chi connectivity index (χ2v) is 10.9. The largest absolute Gasteiger partial charge is 0.326 e. The summed E-state index contributed by atoms with van der Waals surface area (Å²) in [7, 11) is 1.25. The van der Waals surface area contributed by atoms with E-state index >= 15 is 0 Å². The van der Waals surface area contributed by atoms with Crippen LogP contribution in [0.1, 0.15) is 27.4 Å². The van der Waals surface area contributed by atoms with Crippen molar-refractivity contribution in [2.75, 3.05) is 17.3 Å². The van der Waals surface area contributed by atoms with Crippen LogP contribution in [0.4, 0.5) is 20.2 Å². The molecule has 0 unspecified atom stereocenters. The molecule has 1 fully saturated rings. The quantitative estimate of drug-likeness (QED) is 0.241. The van der Waals surface area contributed by atoms with E-state index in [0.717, 1.165) is 23.1 Å². The third-order valence-electron chi connectivity index (χ3n) is 5.91. The molecule has 37 heavy (non-hydrogen) atoms. The van der Waals surface area contributed by atoms with Crippen LogP contribution in [0.25, 0.3) is 0 Å². The molecule has 0 saturated heterocycles. The van der Waals surface area contributed by atoms with Crippen molar-refractivity contribution in [1.29, 1.82) is 5.26 Å². The number of amides is 2. The van der Waals surface area contributed by atoms with E-state index in [2.05, 4.69) is 5.32 Å². The van der Waals surface area contributed by atoms with Crippen LogP contribution in [0, 0.1) is 28.9 Å². The Morgan fingerprint density at radius 1 is 1.00 bits per heavy atom. The average Bonchev–Trinajstić information content (AvgIpc) is 3.44. The Morgan fingerprint density at radius 3 is 2.24 bits per heavy atom. The second kappa shape index (κ2) is 10.3. The standard InChI is InChI=1S/C25H14Cl5F2N3O2/c1-35(19-5-2-11(10-33)6-18(19)32)24(37)14-9-13(3-4-17(14)31)34-23(36)21-20(25(21,29)30)12-7-15(26)22(28)16(27)8-12/h2-9,20-21H,1H3,(H,34,36)/t20-,21+/m1/s1. The summed E-state index contributed by atoms with van der Waals surface area (Å²) in [6.07, 6.45) is 0. The summed E-state index contributed by atoms with van der Waals surface area (Å²) in [5.74, 6) is -4.76. The van der Waals surface area contributed by atoms with Gasteiger partial charge >= 0.3 is 0 Å². The Kier molecular flexibility index (Phi) is 7.62. The van der Waals surface area contributed by atoms with Crippen molar-refractivity contribution < 1.29 is 18.4 Å². The Hall–Kier alpha value is -2.60. The van der Waals surface area contributed by atoms with Crippen molar-refractivity contribution in [2.24, 2.45) is 5.92 Å². The molecule has 2 atom stereocenters. The van der Waals surface area contributed by atoms with Crippen LogP contribution in [0.2, 0.25) is 15.1 Å². The normalized spacial score (nSPS) is 17.6. The molecule has 4 rings (SSSR count). The predicted molar refractivity (Wildman–Crippen MR) is 141 cm³/mol. The fourth-order valence-corrected chi connectivity index (χ4v) is 5.39. The van der Waals surface area contributed by atoms with E-state index in [-0.39, 0.29) is 32.0 Å². The van der Waals surface area contributed by atoms with Gasteiger partial charge in [0.15, 0.2) is 0 Å². The lowest BCUT2D eigenvalue weighted by Gasteiger charge is -2.19. The van der Waals surface area contributed by atoms with E-state index < -0.39 is 45.2 Å². The summed E-state index contributed by atoms with van der Waals surface area (Å²) < 4.78 is 27.5. The number of nitrogens with zero attached hydrogens (tertiary/aromatic N) is 2. The Morgan fingerprint density at radius 2 is 1.65 bits per heavy atom. The summed E-state index contributed by atoms with van der Waals surface area (Å²) in [5, 5.41) is 12.0. The van der Waals surface area contributed by atoms with Gasteiger partial charge in [-0.2, -0.15) is 5.26 Å². The molecule has 1 aliphatic rings. The topological polar surface area (TPSA) is 73.2 Å². The van der Waals surface area contributed by atoms with Crippen LogP contribution in [0.5, 0.6) is 0 Å². The number of rotatable bonds is 5. The summed E-state index contributed by atoms with van der Waals surface area (Å²) in [6.45, 7) is 0. The highest BCUT2D eigenvalue weighted by molar-refractivity contribution is 6.54. The number of hydrogen-bond donors (Lipinski definition) is 1. The number of nitriles is 1. The van der Waals surface area contributed by atoms with Crippen LogP contribution in [0.15, 0.2) is 48.5 Å². The molecule has 0 bridgehead atoms. The highest BCUT2D eigenvalue weighted by atomic mass is 35.5. The van der Waals surface area contributed by atoms with Gasteiger partial charge < -0.3 is 10.2 Å². The Labute approximate surface area is 235 Å². The average molecular weight is 604 g/mol. The zero-order chi connectivity index (χ0) is 27.2. The minimum absolute atomic E-state index is 0.0640. The zero-order valence-corrected chi connectivity index (χ0v) is 22.4. The number of halogens is 7. The zero-order valence-electron chi connectivity index (χ0n) is 18.6. The highest BCUT2D eigenvalue weighted by Gasteiger charge is 2.67. The number of benzene rings is 3. The van der Waals surface area contributed by atoms with Gasteiger partial charge in [-0.25, -0.2) is 8.78 Å². The summed E-state index contributed by atoms with van der Waals surface area (Å²) >= 11 is 30.9. The summed E-state index contributed by atoms with van der Waals surface area (Å²) in [4.78, 5) is 26.8. The van der Waals surface area contributed by atoms with Gasteiger partial charge in [0.2, 0.25) is 5.91 Å². The highest BCUT2D eigenvalue weighted by Crippen LogP contribution is 2.65. The third kappa shape index (κ3) is 5.22. The SMILES string of the molecule is CN(C(=O)c1cc(NC(=O)[C@@H]2[C@@H](c3cc(Cl)c(Cl)c(Cl)c3)C2(Cl)Cl)ccc1F)c1ccc(C#N)cc1F. The smallest absolute Gasteiger partial charge is 0.261 e. The molecular weight excluding hydrogens is 590 g/mol. The number of hydrogen-bond acceptors (Lipinski definition) is 3. The minimum Gasteiger partial charge on any atom is -0.326 e. The first-order valence-electron chi connectivity index (χ1n) is 10.5. The maximum absolute atomic E-state index is 14.6. The van der Waals surface area contributed by atoms with Crippen LogP contribution >= 0.6 is 58.0 Å². The van der Waals surface area contributed by atoms with Crippen molar-refractivity contribution in [1.82, 2.24) is 0 Å². The molecule has 0 radical (unpaired) electrons. The molecule has 1 N–H and O–H groups in total. The van der Waals surface area contributed by atoms with Gasteiger partial charge in [0.25, 0.3) is 5.91 Å². The number of anilines is 2. The first-order valence-corrected chi connectivity index (χ1v) is 12.4. The van der Waals surface area contributed by atoms with E-state index in [1.807, 2.05) is 0 Å².